The van der Waals surface area contributed by atoms with Crippen LogP contribution in [0.15, 0.2) is 0 Å². The first-order valence-electron chi connectivity index (χ1n) is 5.28. The average molecular weight is 186 g/mol. The number of nitrogens with one attached hydrogen (secondary N) is 1. The lowest BCUT2D eigenvalue weighted by molar-refractivity contribution is 0.0716. The molecule has 0 saturated carbocycles. The summed E-state index contributed by atoms with van der Waals surface area (Å²) in [5.41, 5.74) is 2.93. The van der Waals surface area contributed by atoms with E-state index in [4.69, 9.17) is 10.6 Å². The third kappa shape index (κ3) is 2.42. The van der Waals surface area contributed by atoms with Gasteiger partial charge in [0.1, 0.15) is 0 Å². The van der Waals surface area contributed by atoms with Gasteiger partial charge in [-0.25, -0.2) is 0 Å². The Morgan fingerprint density at radius 1 is 1.54 bits per heavy atom. The molecule has 0 bridgehead atoms. The molecule has 3 unspecified atom stereocenters. The molecule has 3 atom stereocenters. The normalized spacial score (nSPS) is 31.2. The summed E-state index contributed by atoms with van der Waals surface area (Å²) in [5, 5.41) is 0. The molecular weight excluding hydrogens is 164 g/mol. The Balaban J connectivity index is 2.56. The van der Waals surface area contributed by atoms with Crippen molar-refractivity contribution in [3.8, 4) is 0 Å². The van der Waals surface area contributed by atoms with E-state index in [1.807, 2.05) is 0 Å². The highest BCUT2D eigenvalue weighted by atomic mass is 16.5. The van der Waals surface area contributed by atoms with Crippen molar-refractivity contribution in [3.63, 3.8) is 0 Å². The van der Waals surface area contributed by atoms with Gasteiger partial charge in [-0.3, -0.25) is 11.3 Å². The molecule has 1 aliphatic heterocycles. The van der Waals surface area contributed by atoms with Gasteiger partial charge in [-0.15, -0.1) is 0 Å². The highest BCUT2D eigenvalue weighted by Gasteiger charge is 2.34. The van der Waals surface area contributed by atoms with Gasteiger partial charge in [0.25, 0.3) is 0 Å². The van der Waals surface area contributed by atoms with Gasteiger partial charge in [-0.2, -0.15) is 0 Å². The summed E-state index contributed by atoms with van der Waals surface area (Å²) < 4.78 is 5.65. The van der Waals surface area contributed by atoms with E-state index < -0.39 is 0 Å². The van der Waals surface area contributed by atoms with Crippen molar-refractivity contribution in [1.29, 1.82) is 0 Å². The number of hydrogen-bond donors (Lipinski definition) is 2. The molecule has 3 heteroatoms. The van der Waals surface area contributed by atoms with E-state index in [-0.39, 0.29) is 0 Å². The van der Waals surface area contributed by atoms with Crippen LogP contribution >= 0.6 is 0 Å². The van der Waals surface area contributed by atoms with E-state index in [2.05, 4.69) is 26.2 Å². The number of nitrogens with two attached hydrogens (primary N) is 1. The summed E-state index contributed by atoms with van der Waals surface area (Å²) in [6, 6.07) is 0.396. The molecule has 0 aromatic rings. The lowest BCUT2D eigenvalue weighted by atomic mass is 9.85. The number of hydrazine groups is 1. The van der Waals surface area contributed by atoms with Crippen LogP contribution in [0.5, 0.6) is 0 Å². The fourth-order valence-electron chi connectivity index (χ4n) is 2.31. The van der Waals surface area contributed by atoms with Gasteiger partial charge in [0.05, 0.1) is 6.10 Å². The second kappa shape index (κ2) is 4.94. The van der Waals surface area contributed by atoms with Crippen molar-refractivity contribution in [2.45, 2.75) is 45.8 Å². The zero-order valence-corrected chi connectivity index (χ0v) is 8.92. The van der Waals surface area contributed by atoms with Gasteiger partial charge in [-0.05, 0) is 18.8 Å². The minimum Gasteiger partial charge on any atom is -0.378 e. The largest absolute Gasteiger partial charge is 0.378 e. The summed E-state index contributed by atoms with van der Waals surface area (Å²) in [5.74, 6) is 6.73. The number of ether oxygens (including phenoxy) is 1. The second-order valence-electron chi connectivity index (χ2n) is 4.21. The van der Waals surface area contributed by atoms with Crippen LogP contribution in [-0.2, 0) is 4.74 Å². The van der Waals surface area contributed by atoms with Gasteiger partial charge in [0.2, 0.25) is 0 Å². The number of hydrogen-bond acceptors (Lipinski definition) is 3. The molecule has 1 fully saturated rings. The van der Waals surface area contributed by atoms with E-state index in [1.54, 1.807) is 0 Å². The second-order valence-corrected chi connectivity index (χ2v) is 4.21. The smallest absolute Gasteiger partial charge is 0.0617 e. The van der Waals surface area contributed by atoms with E-state index >= 15 is 0 Å². The Kier molecular flexibility index (Phi) is 4.16. The Bertz CT molecular complexity index is 150. The van der Waals surface area contributed by atoms with Crippen molar-refractivity contribution in [3.05, 3.63) is 0 Å². The van der Waals surface area contributed by atoms with E-state index in [0.717, 1.165) is 19.4 Å². The van der Waals surface area contributed by atoms with Gasteiger partial charge in [0, 0.05) is 18.6 Å². The number of rotatable bonds is 4. The first-order valence-corrected chi connectivity index (χ1v) is 5.28. The molecule has 0 aromatic carbocycles. The zero-order chi connectivity index (χ0) is 9.84. The third-order valence-electron chi connectivity index (χ3n) is 3.03. The monoisotopic (exact) mass is 186 g/mol. The van der Waals surface area contributed by atoms with Gasteiger partial charge < -0.3 is 4.74 Å². The minimum atomic E-state index is 0.396. The van der Waals surface area contributed by atoms with Crippen LogP contribution in [0.1, 0.15) is 33.6 Å². The average Bonchev–Trinajstić information content (AvgIpc) is 2.53. The molecule has 1 saturated heterocycles. The molecule has 13 heavy (non-hydrogen) atoms. The predicted molar refractivity (Wildman–Crippen MR) is 54.1 cm³/mol. The Hall–Kier alpha value is -0.120. The summed E-state index contributed by atoms with van der Waals surface area (Å²) >= 11 is 0. The quantitative estimate of drug-likeness (QED) is 0.514. The highest BCUT2D eigenvalue weighted by molar-refractivity contribution is 4.86. The van der Waals surface area contributed by atoms with Gasteiger partial charge >= 0.3 is 0 Å². The van der Waals surface area contributed by atoms with Crippen molar-refractivity contribution in [1.82, 2.24) is 5.43 Å². The molecule has 1 heterocycles. The molecule has 3 nitrogen and oxygen atoms in total. The standard InChI is InChI=1S/C10H22N2O/c1-4-9-8(5-6-13-9)10(12-11)7(2)3/h7-10,12H,4-6,11H2,1-3H3. The van der Waals surface area contributed by atoms with Gasteiger partial charge in [-0.1, -0.05) is 20.8 Å². The Morgan fingerprint density at radius 2 is 2.23 bits per heavy atom. The molecule has 0 aliphatic carbocycles. The molecule has 0 amide bonds. The van der Waals surface area contributed by atoms with E-state index in [0.29, 0.717) is 24.0 Å². The summed E-state index contributed by atoms with van der Waals surface area (Å²) in [4.78, 5) is 0. The molecule has 1 aliphatic rings. The lowest BCUT2D eigenvalue weighted by Gasteiger charge is -2.29. The van der Waals surface area contributed by atoms with Gasteiger partial charge in [0.15, 0.2) is 0 Å². The van der Waals surface area contributed by atoms with Crippen LogP contribution in [0.3, 0.4) is 0 Å². The first-order chi connectivity index (χ1) is 6.20. The third-order valence-corrected chi connectivity index (χ3v) is 3.03. The predicted octanol–water partition coefficient (Wildman–Crippen LogP) is 1.29. The maximum atomic E-state index is 5.65. The molecule has 78 valence electrons. The fraction of sp³-hybridized carbons (Fsp3) is 1.00. The zero-order valence-electron chi connectivity index (χ0n) is 8.92. The van der Waals surface area contributed by atoms with Crippen LogP contribution in [-0.4, -0.2) is 18.8 Å². The molecule has 0 radical (unpaired) electrons. The topological polar surface area (TPSA) is 47.3 Å². The molecule has 3 N–H and O–H groups in total. The van der Waals surface area contributed by atoms with Crippen LogP contribution < -0.4 is 11.3 Å². The van der Waals surface area contributed by atoms with Crippen molar-refractivity contribution in [2.75, 3.05) is 6.61 Å². The summed E-state index contributed by atoms with van der Waals surface area (Å²) in [6.07, 6.45) is 2.64. The molecule has 0 aromatic heterocycles. The Labute approximate surface area is 81.0 Å². The van der Waals surface area contributed by atoms with Crippen LogP contribution in [0.2, 0.25) is 0 Å². The van der Waals surface area contributed by atoms with Crippen molar-refractivity contribution in [2.24, 2.45) is 17.7 Å². The van der Waals surface area contributed by atoms with Crippen LogP contribution in [0.4, 0.5) is 0 Å². The van der Waals surface area contributed by atoms with Crippen molar-refractivity contribution < 1.29 is 4.74 Å². The lowest BCUT2D eigenvalue weighted by Crippen LogP contribution is -2.47. The van der Waals surface area contributed by atoms with E-state index in [1.165, 1.54) is 0 Å². The maximum Gasteiger partial charge on any atom is 0.0617 e. The van der Waals surface area contributed by atoms with Crippen LogP contribution in [0, 0.1) is 11.8 Å². The maximum absolute atomic E-state index is 5.65. The minimum absolute atomic E-state index is 0.396. The molecular formula is C10H22N2O. The highest BCUT2D eigenvalue weighted by Crippen LogP contribution is 2.29. The van der Waals surface area contributed by atoms with Crippen LogP contribution in [0.25, 0.3) is 0 Å². The summed E-state index contributed by atoms with van der Waals surface area (Å²) in [7, 11) is 0. The first kappa shape index (κ1) is 11.0. The summed E-state index contributed by atoms with van der Waals surface area (Å²) in [6.45, 7) is 7.48. The van der Waals surface area contributed by atoms with Crippen molar-refractivity contribution >= 4 is 0 Å². The molecule has 1 rings (SSSR count). The fourth-order valence-corrected chi connectivity index (χ4v) is 2.31. The SMILES string of the molecule is CCC1OCCC1C(NN)C(C)C. The molecule has 0 spiro atoms. The Morgan fingerprint density at radius 3 is 2.69 bits per heavy atom. The van der Waals surface area contributed by atoms with E-state index in [9.17, 15) is 0 Å².